The summed E-state index contributed by atoms with van der Waals surface area (Å²) in [4.78, 5) is 7.76. The van der Waals surface area contributed by atoms with Crippen molar-refractivity contribution in [2.24, 2.45) is 5.73 Å². The Bertz CT molecular complexity index is 830. The first-order valence-electron chi connectivity index (χ1n) is 6.96. The molecule has 5 heteroatoms. The van der Waals surface area contributed by atoms with Crippen molar-refractivity contribution in [3.05, 3.63) is 53.9 Å². The van der Waals surface area contributed by atoms with Crippen molar-refractivity contribution < 1.29 is 4.74 Å². The van der Waals surface area contributed by atoms with E-state index in [1.54, 1.807) is 7.11 Å². The number of nitrogens with zero attached hydrogens (tertiary/aromatic N) is 2. The van der Waals surface area contributed by atoms with Gasteiger partial charge < -0.3 is 15.5 Å². The number of ether oxygens (including phenoxy) is 1. The van der Waals surface area contributed by atoms with E-state index in [1.165, 1.54) is 0 Å². The fourth-order valence-electron chi connectivity index (χ4n) is 2.38. The van der Waals surface area contributed by atoms with Crippen LogP contribution in [0, 0.1) is 11.3 Å². The highest BCUT2D eigenvalue weighted by Gasteiger charge is 2.11. The first-order valence-corrected chi connectivity index (χ1v) is 6.96. The number of rotatable bonds is 4. The van der Waals surface area contributed by atoms with Crippen molar-refractivity contribution in [3.8, 4) is 17.2 Å². The predicted molar refractivity (Wildman–Crippen MR) is 85.0 cm³/mol. The molecule has 0 saturated carbocycles. The van der Waals surface area contributed by atoms with Gasteiger partial charge in [0.15, 0.2) is 0 Å². The summed E-state index contributed by atoms with van der Waals surface area (Å²) < 4.78 is 5.06. The Morgan fingerprint density at radius 2 is 1.95 bits per heavy atom. The van der Waals surface area contributed by atoms with Crippen LogP contribution in [0.5, 0.6) is 0 Å². The molecule has 3 rings (SSSR count). The molecule has 0 radical (unpaired) electrons. The van der Waals surface area contributed by atoms with Crippen molar-refractivity contribution >= 4 is 11.0 Å². The van der Waals surface area contributed by atoms with Gasteiger partial charge in [0.25, 0.3) is 0 Å². The summed E-state index contributed by atoms with van der Waals surface area (Å²) in [6.45, 7) is 0.419. The Kier molecular flexibility index (Phi) is 3.88. The summed E-state index contributed by atoms with van der Waals surface area (Å²) in [7, 11) is 1.62. The smallest absolute Gasteiger partial charge is 0.126 e. The minimum absolute atomic E-state index is 0.268. The molecule has 0 saturated heterocycles. The third-order valence-electron chi connectivity index (χ3n) is 3.55. The summed E-state index contributed by atoms with van der Waals surface area (Å²) in [6, 6.07) is 15.4. The van der Waals surface area contributed by atoms with Crippen LogP contribution >= 0.6 is 0 Å². The molecule has 0 unspecified atom stereocenters. The van der Waals surface area contributed by atoms with E-state index in [0.29, 0.717) is 18.0 Å². The van der Waals surface area contributed by atoms with Gasteiger partial charge in [0.05, 0.1) is 35.3 Å². The third-order valence-corrected chi connectivity index (χ3v) is 3.55. The molecule has 1 atom stereocenters. The van der Waals surface area contributed by atoms with E-state index in [4.69, 9.17) is 15.7 Å². The SMILES string of the molecule is COC[C@H](N)c1nc2cc(-c3ccc(C#N)cc3)ccc2[nH]1. The maximum absolute atomic E-state index is 8.85. The molecule has 0 amide bonds. The van der Waals surface area contributed by atoms with Gasteiger partial charge in [0, 0.05) is 7.11 Å². The first-order chi connectivity index (χ1) is 10.7. The number of nitriles is 1. The quantitative estimate of drug-likeness (QED) is 0.774. The Balaban J connectivity index is 1.96. The van der Waals surface area contributed by atoms with E-state index in [0.717, 1.165) is 22.2 Å². The molecule has 1 heterocycles. The first kappa shape index (κ1) is 14.3. The molecule has 22 heavy (non-hydrogen) atoms. The molecule has 0 spiro atoms. The number of fused-ring (bicyclic) bond motifs is 1. The Labute approximate surface area is 128 Å². The molecule has 5 nitrogen and oxygen atoms in total. The lowest BCUT2D eigenvalue weighted by Gasteiger charge is -2.05. The topological polar surface area (TPSA) is 87.7 Å². The molecular weight excluding hydrogens is 276 g/mol. The molecule has 0 aliphatic carbocycles. The normalized spacial score (nSPS) is 12.2. The fourth-order valence-corrected chi connectivity index (χ4v) is 2.38. The molecule has 0 aliphatic rings. The van der Waals surface area contributed by atoms with E-state index in [1.807, 2.05) is 42.5 Å². The van der Waals surface area contributed by atoms with Crippen molar-refractivity contribution in [1.29, 1.82) is 5.26 Å². The number of aromatic nitrogens is 2. The van der Waals surface area contributed by atoms with Crippen molar-refractivity contribution in [1.82, 2.24) is 9.97 Å². The van der Waals surface area contributed by atoms with E-state index >= 15 is 0 Å². The lowest BCUT2D eigenvalue weighted by Crippen LogP contribution is -2.17. The van der Waals surface area contributed by atoms with Gasteiger partial charge in [-0.05, 0) is 35.4 Å². The van der Waals surface area contributed by atoms with Gasteiger partial charge >= 0.3 is 0 Å². The summed E-state index contributed by atoms with van der Waals surface area (Å²) in [5.74, 6) is 0.717. The number of hydrogen-bond acceptors (Lipinski definition) is 4. The molecule has 3 aromatic rings. The van der Waals surface area contributed by atoms with Crippen LogP contribution < -0.4 is 5.73 Å². The Morgan fingerprint density at radius 3 is 2.64 bits per heavy atom. The minimum Gasteiger partial charge on any atom is -0.383 e. The van der Waals surface area contributed by atoms with Crippen LogP contribution in [-0.2, 0) is 4.74 Å². The summed E-state index contributed by atoms with van der Waals surface area (Å²) in [5.41, 5.74) is 10.6. The standard InChI is InChI=1S/C17H16N4O/c1-22-10-14(19)17-20-15-7-6-13(8-16(15)21-17)12-4-2-11(9-18)3-5-12/h2-8,14H,10,19H2,1H3,(H,20,21)/t14-/m0/s1. The molecule has 1 aromatic heterocycles. The number of nitrogens with one attached hydrogen (secondary N) is 1. The van der Waals surface area contributed by atoms with Gasteiger partial charge in [-0.1, -0.05) is 18.2 Å². The van der Waals surface area contributed by atoms with Gasteiger partial charge in [0.2, 0.25) is 0 Å². The second kappa shape index (κ2) is 5.98. The summed E-state index contributed by atoms with van der Waals surface area (Å²) in [6.07, 6.45) is 0. The number of imidazole rings is 1. The average Bonchev–Trinajstić information content (AvgIpc) is 2.98. The molecule has 0 aliphatic heterocycles. The zero-order valence-electron chi connectivity index (χ0n) is 12.2. The maximum Gasteiger partial charge on any atom is 0.126 e. The van der Waals surface area contributed by atoms with E-state index in [-0.39, 0.29) is 6.04 Å². The average molecular weight is 292 g/mol. The monoisotopic (exact) mass is 292 g/mol. The van der Waals surface area contributed by atoms with E-state index in [2.05, 4.69) is 16.0 Å². The largest absolute Gasteiger partial charge is 0.383 e. The molecule has 0 fully saturated rings. The van der Waals surface area contributed by atoms with Crippen molar-refractivity contribution in [2.75, 3.05) is 13.7 Å². The highest BCUT2D eigenvalue weighted by Crippen LogP contribution is 2.24. The second-order valence-electron chi connectivity index (χ2n) is 5.10. The van der Waals surface area contributed by atoms with Gasteiger partial charge in [-0.3, -0.25) is 0 Å². The van der Waals surface area contributed by atoms with Crippen LogP contribution in [-0.4, -0.2) is 23.7 Å². The minimum atomic E-state index is -0.268. The van der Waals surface area contributed by atoms with Crippen LogP contribution in [0.3, 0.4) is 0 Å². The maximum atomic E-state index is 8.85. The number of hydrogen-bond donors (Lipinski definition) is 2. The van der Waals surface area contributed by atoms with Gasteiger partial charge in [-0.25, -0.2) is 4.98 Å². The van der Waals surface area contributed by atoms with Crippen LogP contribution in [0.25, 0.3) is 22.2 Å². The predicted octanol–water partition coefficient (Wildman–Crippen LogP) is 2.75. The van der Waals surface area contributed by atoms with Crippen molar-refractivity contribution in [3.63, 3.8) is 0 Å². The third kappa shape index (κ3) is 2.70. The second-order valence-corrected chi connectivity index (χ2v) is 5.10. The zero-order chi connectivity index (χ0) is 15.5. The number of aromatic amines is 1. The summed E-state index contributed by atoms with van der Waals surface area (Å²) in [5, 5.41) is 8.85. The lowest BCUT2D eigenvalue weighted by molar-refractivity contribution is 0.178. The van der Waals surface area contributed by atoms with Crippen molar-refractivity contribution in [2.45, 2.75) is 6.04 Å². The van der Waals surface area contributed by atoms with Crippen LogP contribution in [0.15, 0.2) is 42.5 Å². The van der Waals surface area contributed by atoms with Gasteiger partial charge in [0.1, 0.15) is 5.82 Å². The molecule has 110 valence electrons. The Morgan fingerprint density at radius 1 is 1.23 bits per heavy atom. The van der Waals surface area contributed by atoms with Crippen LogP contribution in [0.1, 0.15) is 17.4 Å². The highest BCUT2D eigenvalue weighted by atomic mass is 16.5. The van der Waals surface area contributed by atoms with Crippen LogP contribution in [0.2, 0.25) is 0 Å². The lowest BCUT2D eigenvalue weighted by atomic mass is 10.0. The van der Waals surface area contributed by atoms with Crippen LogP contribution in [0.4, 0.5) is 0 Å². The number of methoxy groups -OCH3 is 1. The number of nitrogens with two attached hydrogens (primary N) is 1. The van der Waals surface area contributed by atoms with E-state index in [9.17, 15) is 0 Å². The molecule has 0 bridgehead atoms. The Hall–Kier alpha value is -2.68. The van der Waals surface area contributed by atoms with Gasteiger partial charge in [-0.15, -0.1) is 0 Å². The summed E-state index contributed by atoms with van der Waals surface area (Å²) >= 11 is 0. The number of H-pyrrole nitrogens is 1. The fraction of sp³-hybridized carbons (Fsp3) is 0.176. The molecular formula is C17H16N4O. The molecule has 3 N–H and O–H groups in total. The highest BCUT2D eigenvalue weighted by molar-refractivity contribution is 5.82. The van der Waals surface area contributed by atoms with E-state index < -0.39 is 0 Å². The van der Waals surface area contributed by atoms with Gasteiger partial charge in [-0.2, -0.15) is 5.26 Å². The molecule has 2 aromatic carbocycles. The zero-order valence-corrected chi connectivity index (χ0v) is 12.2. The number of benzene rings is 2.